The Morgan fingerprint density at radius 1 is 1.24 bits per heavy atom. The van der Waals surface area contributed by atoms with Crippen LogP contribution in [0.2, 0.25) is 0 Å². The zero-order chi connectivity index (χ0) is 24.0. The molecule has 0 saturated carbocycles. The van der Waals surface area contributed by atoms with E-state index in [9.17, 15) is 18.0 Å². The Balaban J connectivity index is 1.56. The van der Waals surface area contributed by atoms with Crippen LogP contribution in [0.15, 0.2) is 52.4 Å². The summed E-state index contributed by atoms with van der Waals surface area (Å²) in [6.07, 6.45) is 5.18. The lowest BCUT2D eigenvalue weighted by Crippen LogP contribution is -2.23. The first-order valence-electron chi connectivity index (χ1n) is 9.77. The van der Waals surface area contributed by atoms with Crippen LogP contribution < -0.4 is 5.32 Å². The molecule has 0 spiro atoms. The Hall–Kier alpha value is -2.31. The van der Waals surface area contributed by atoms with Crippen LogP contribution >= 0.6 is 39.2 Å². The number of halogens is 4. The lowest BCUT2D eigenvalue weighted by atomic mass is 10.1. The molecule has 0 fully saturated rings. The van der Waals surface area contributed by atoms with Gasteiger partial charge in [0.25, 0.3) is 5.91 Å². The molecule has 1 N–H and O–H groups in total. The van der Waals surface area contributed by atoms with Crippen LogP contribution in [0.3, 0.4) is 0 Å². The number of fused-ring (bicyclic) bond motifs is 1. The van der Waals surface area contributed by atoms with Crippen molar-refractivity contribution in [3.8, 4) is 11.4 Å². The number of amides is 1. The zero-order valence-electron chi connectivity index (χ0n) is 17.8. The molecule has 174 valence electrons. The van der Waals surface area contributed by atoms with E-state index < -0.39 is 5.51 Å². The van der Waals surface area contributed by atoms with Crippen LogP contribution in [0.5, 0.6) is 0 Å². The van der Waals surface area contributed by atoms with Gasteiger partial charge in [0.1, 0.15) is 5.01 Å². The first kappa shape index (κ1) is 23.8. The summed E-state index contributed by atoms with van der Waals surface area (Å²) in [6, 6.07) is 6.77. The molecule has 0 bridgehead atoms. The highest BCUT2D eigenvalue weighted by molar-refractivity contribution is 9.10. The Labute approximate surface area is 204 Å². The van der Waals surface area contributed by atoms with Gasteiger partial charge >= 0.3 is 5.51 Å². The summed E-state index contributed by atoms with van der Waals surface area (Å²) in [6.45, 7) is 6.22. The monoisotopic (exact) mass is 557 g/mol. The molecule has 0 aliphatic carbocycles. The average Bonchev–Trinajstić information content (AvgIpc) is 3.44. The van der Waals surface area contributed by atoms with Crippen LogP contribution in [0, 0.1) is 0 Å². The molecule has 0 saturated heterocycles. The number of nitrogens with zero attached hydrogens (tertiary/aromatic N) is 4. The van der Waals surface area contributed by atoms with Gasteiger partial charge in [0.15, 0.2) is 5.82 Å². The highest BCUT2D eigenvalue weighted by Gasteiger charge is 2.33. The Morgan fingerprint density at radius 2 is 2.00 bits per heavy atom. The minimum Gasteiger partial charge on any atom is -0.348 e. The van der Waals surface area contributed by atoms with Crippen molar-refractivity contribution in [2.24, 2.45) is 0 Å². The van der Waals surface area contributed by atoms with Crippen molar-refractivity contribution in [2.45, 2.75) is 43.4 Å². The van der Waals surface area contributed by atoms with E-state index in [1.165, 1.54) is 4.40 Å². The van der Waals surface area contributed by atoms with Crippen LogP contribution in [0.1, 0.15) is 36.1 Å². The second-order valence-electron chi connectivity index (χ2n) is 8.20. The molecular formula is C21H19BrF3N5OS2. The molecule has 6 nitrogen and oxygen atoms in total. The smallest absolute Gasteiger partial charge is 0.348 e. The molecule has 0 aromatic carbocycles. The summed E-state index contributed by atoms with van der Waals surface area (Å²) in [4.78, 5) is 16.9. The molecule has 4 aromatic heterocycles. The first-order chi connectivity index (χ1) is 15.4. The van der Waals surface area contributed by atoms with Gasteiger partial charge in [-0.05, 0) is 72.5 Å². The van der Waals surface area contributed by atoms with E-state index in [0.717, 1.165) is 11.5 Å². The second kappa shape index (κ2) is 8.80. The summed E-state index contributed by atoms with van der Waals surface area (Å²) < 4.78 is 48.1. The van der Waals surface area contributed by atoms with Gasteiger partial charge in [-0.15, -0.1) is 0 Å². The molecular weight excluding hydrogens is 539 g/mol. The number of carbonyl (C=O) groups excluding carboxylic acids is 1. The van der Waals surface area contributed by atoms with Crippen LogP contribution in [-0.2, 0) is 12.1 Å². The third-order valence-corrected chi connectivity index (χ3v) is 6.99. The SMILES string of the molecule is CC(C)(C)n1ccc(C(=O)NCc2nc(-c3cc4c(Br)cccn4c3SC(F)(F)F)ns2)c1. The molecule has 4 heterocycles. The van der Waals surface area contributed by atoms with Crippen molar-refractivity contribution in [1.29, 1.82) is 0 Å². The molecule has 1 amide bonds. The zero-order valence-corrected chi connectivity index (χ0v) is 21.0. The largest absolute Gasteiger partial charge is 0.447 e. The molecule has 12 heteroatoms. The number of alkyl halides is 3. The highest BCUT2D eigenvalue weighted by atomic mass is 79.9. The number of rotatable bonds is 5. The first-order valence-corrected chi connectivity index (χ1v) is 12.2. The van der Waals surface area contributed by atoms with Gasteiger partial charge < -0.3 is 14.3 Å². The van der Waals surface area contributed by atoms with Crippen molar-refractivity contribution in [3.05, 3.63) is 57.9 Å². The highest BCUT2D eigenvalue weighted by Crippen LogP contribution is 2.43. The van der Waals surface area contributed by atoms with Crippen molar-refractivity contribution >= 4 is 50.6 Å². The van der Waals surface area contributed by atoms with Crippen LogP contribution in [0.4, 0.5) is 13.2 Å². The van der Waals surface area contributed by atoms with E-state index in [1.807, 2.05) is 31.5 Å². The third kappa shape index (κ3) is 5.28. The van der Waals surface area contributed by atoms with Gasteiger partial charge in [0.05, 0.1) is 28.2 Å². The minimum absolute atomic E-state index is 0.0179. The lowest BCUT2D eigenvalue weighted by Gasteiger charge is -2.20. The molecule has 0 aliphatic rings. The molecule has 33 heavy (non-hydrogen) atoms. The summed E-state index contributed by atoms with van der Waals surface area (Å²) in [5, 5.41) is 3.26. The lowest BCUT2D eigenvalue weighted by molar-refractivity contribution is -0.0329. The maximum atomic E-state index is 13.2. The van der Waals surface area contributed by atoms with Crippen molar-refractivity contribution in [1.82, 2.24) is 23.6 Å². The minimum atomic E-state index is -4.47. The Morgan fingerprint density at radius 3 is 2.67 bits per heavy atom. The number of carbonyl (C=O) groups is 1. The molecule has 0 radical (unpaired) electrons. The summed E-state index contributed by atoms with van der Waals surface area (Å²) >= 11 is 4.21. The van der Waals surface area contributed by atoms with E-state index in [2.05, 4.69) is 30.6 Å². The summed E-state index contributed by atoms with van der Waals surface area (Å²) in [7, 11) is 0. The number of aromatic nitrogens is 4. The predicted octanol–water partition coefficient (Wildman–Crippen LogP) is 6.32. The predicted molar refractivity (Wildman–Crippen MR) is 127 cm³/mol. The van der Waals surface area contributed by atoms with E-state index >= 15 is 0 Å². The standard InChI is InChI=1S/C21H19BrF3N5OS2/c1-20(2,3)29-8-6-12(11-29)18(31)26-10-16-27-17(28-33-16)13-9-15-14(22)5-4-7-30(15)19(13)32-21(23,24)25/h4-9,11H,10H2,1-3H3,(H,26,31). The molecule has 0 aliphatic heterocycles. The molecule has 0 atom stereocenters. The van der Waals surface area contributed by atoms with Crippen molar-refractivity contribution in [3.63, 3.8) is 0 Å². The topological polar surface area (TPSA) is 64.2 Å². The van der Waals surface area contributed by atoms with Crippen molar-refractivity contribution < 1.29 is 18.0 Å². The summed E-state index contributed by atoms with van der Waals surface area (Å²) in [5.74, 6) is -0.0768. The van der Waals surface area contributed by atoms with Gasteiger partial charge in [0, 0.05) is 40.4 Å². The number of hydrogen-bond acceptors (Lipinski definition) is 5. The molecule has 4 aromatic rings. The van der Waals surface area contributed by atoms with Gasteiger partial charge in [0.2, 0.25) is 0 Å². The van der Waals surface area contributed by atoms with Crippen LogP contribution in [-0.4, -0.2) is 29.7 Å². The average molecular weight is 558 g/mol. The number of pyridine rings is 1. The van der Waals surface area contributed by atoms with Gasteiger partial charge in [-0.25, -0.2) is 4.98 Å². The maximum Gasteiger partial charge on any atom is 0.447 e. The van der Waals surface area contributed by atoms with Gasteiger partial charge in [-0.3, -0.25) is 4.79 Å². The quantitative estimate of drug-likeness (QED) is 0.292. The van der Waals surface area contributed by atoms with E-state index in [4.69, 9.17) is 0 Å². The Kier molecular flexibility index (Phi) is 6.36. The maximum absolute atomic E-state index is 13.2. The molecule has 0 unspecified atom stereocenters. The van der Waals surface area contributed by atoms with Crippen LogP contribution in [0.25, 0.3) is 16.9 Å². The van der Waals surface area contributed by atoms with E-state index in [0.29, 0.717) is 20.6 Å². The Bertz CT molecular complexity index is 1320. The van der Waals surface area contributed by atoms with E-state index in [1.54, 1.807) is 36.7 Å². The number of hydrogen-bond donors (Lipinski definition) is 1. The van der Waals surface area contributed by atoms with E-state index in [-0.39, 0.29) is 46.2 Å². The number of nitrogens with one attached hydrogen (secondary N) is 1. The molecule has 4 rings (SSSR count). The van der Waals surface area contributed by atoms with Gasteiger partial charge in [-0.2, -0.15) is 17.5 Å². The fraction of sp³-hybridized carbons (Fsp3) is 0.286. The fourth-order valence-corrected chi connectivity index (χ4v) is 4.94. The second-order valence-corrected chi connectivity index (χ2v) is 10.9. The normalized spacial score (nSPS) is 12.5. The summed E-state index contributed by atoms with van der Waals surface area (Å²) in [5.41, 5.74) is -3.24. The third-order valence-electron chi connectivity index (χ3n) is 4.76. The van der Waals surface area contributed by atoms with Gasteiger partial charge in [-0.1, -0.05) is 0 Å². The number of thioether (sulfide) groups is 1. The fourth-order valence-electron chi connectivity index (χ4n) is 3.15. The van der Waals surface area contributed by atoms with Crippen molar-refractivity contribution in [2.75, 3.05) is 0 Å².